The Morgan fingerprint density at radius 2 is 2.05 bits per heavy atom. The number of hydrogen-bond acceptors (Lipinski definition) is 5. The molecule has 1 aliphatic heterocycles. The van der Waals surface area contributed by atoms with Gasteiger partial charge in [0.2, 0.25) is 0 Å². The number of benzene rings is 1. The molecule has 118 valence electrons. The number of methoxy groups -OCH3 is 1. The summed E-state index contributed by atoms with van der Waals surface area (Å²) in [6.07, 6.45) is 5.70. The molecule has 1 fully saturated rings. The quantitative estimate of drug-likeness (QED) is 0.804. The van der Waals surface area contributed by atoms with E-state index in [1.54, 1.807) is 18.2 Å². The van der Waals surface area contributed by atoms with Gasteiger partial charge >= 0.3 is 5.97 Å². The molecular weight excluding hydrogens is 284 g/mol. The van der Waals surface area contributed by atoms with Crippen LogP contribution in [0.2, 0.25) is 0 Å². The number of ether oxygens (including phenoxy) is 3. The van der Waals surface area contributed by atoms with E-state index in [0.717, 1.165) is 25.7 Å². The molecule has 0 amide bonds. The fourth-order valence-electron chi connectivity index (χ4n) is 3.24. The first-order valence-corrected chi connectivity index (χ1v) is 7.68. The first-order valence-electron chi connectivity index (χ1n) is 7.68. The molecule has 1 aliphatic carbocycles. The van der Waals surface area contributed by atoms with Gasteiger partial charge < -0.3 is 14.2 Å². The van der Waals surface area contributed by atoms with Crippen LogP contribution in [0.1, 0.15) is 48.9 Å². The predicted molar refractivity (Wildman–Crippen MR) is 79.3 cm³/mol. The zero-order valence-electron chi connectivity index (χ0n) is 12.7. The second-order valence-corrected chi connectivity index (χ2v) is 5.97. The average Bonchev–Trinajstić information content (AvgIpc) is 2.52. The molecule has 2 aliphatic rings. The molecule has 1 heterocycles. The summed E-state index contributed by atoms with van der Waals surface area (Å²) >= 11 is 0. The van der Waals surface area contributed by atoms with Crippen molar-refractivity contribution in [3.05, 3.63) is 23.8 Å². The molecule has 0 unspecified atom stereocenters. The average molecular weight is 304 g/mol. The Hall–Kier alpha value is -2.04. The normalized spacial score (nSPS) is 19.2. The Kier molecular flexibility index (Phi) is 4.05. The van der Waals surface area contributed by atoms with Crippen molar-refractivity contribution in [1.82, 2.24) is 0 Å². The van der Waals surface area contributed by atoms with Crippen molar-refractivity contribution in [2.45, 2.75) is 44.1 Å². The zero-order valence-corrected chi connectivity index (χ0v) is 12.7. The van der Waals surface area contributed by atoms with Gasteiger partial charge in [-0.05, 0) is 37.8 Å². The van der Waals surface area contributed by atoms with Crippen molar-refractivity contribution in [2.75, 3.05) is 13.7 Å². The van der Waals surface area contributed by atoms with E-state index in [1.165, 1.54) is 13.5 Å². The number of carbonyl (C=O) groups is 2. The highest BCUT2D eigenvalue weighted by Gasteiger charge is 2.41. The van der Waals surface area contributed by atoms with Crippen molar-refractivity contribution in [3.63, 3.8) is 0 Å². The van der Waals surface area contributed by atoms with Gasteiger partial charge in [0.15, 0.2) is 12.4 Å². The SMILES string of the molecule is COC(=O)COc1ccc2c(c1)OC1(CCCCC1)CC2=O. The largest absolute Gasteiger partial charge is 0.486 e. The number of rotatable bonds is 3. The Bertz CT molecular complexity index is 587. The van der Waals surface area contributed by atoms with Crippen LogP contribution in [0.4, 0.5) is 0 Å². The van der Waals surface area contributed by atoms with Crippen LogP contribution < -0.4 is 9.47 Å². The van der Waals surface area contributed by atoms with Crippen LogP contribution in [0.3, 0.4) is 0 Å². The molecule has 5 heteroatoms. The molecule has 0 N–H and O–H groups in total. The maximum Gasteiger partial charge on any atom is 0.343 e. The van der Waals surface area contributed by atoms with Gasteiger partial charge in [-0.2, -0.15) is 0 Å². The van der Waals surface area contributed by atoms with Crippen LogP contribution in [0.25, 0.3) is 0 Å². The molecule has 0 saturated heterocycles. The van der Waals surface area contributed by atoms with Crippen molar-refractivity contribution in [2.24, 2.45) is 0 Å². The lowest BCUT2D eigenvalue weighted by atomic mass is 9.78. The maximum atomic E-state index is 12.4. The number of carbonyl (C=O) groups excluding carboxylic acids is 2. The molecule has 1 aromatic rings. The highest BCUT2D eigenvalue weighted by molar-refractivity contribution is 6.00. The molecular formula is C17H20O5. The summed E-state index contributed by atoms with van der Waals surface area (Å²) in [5.74, 6) is 0.756. The molecule has 0 bridgehead atoms. The van der Waals surface area contributed by atoms with Gasteiger partial charge in [0.05, 0.1) is 19.1 Å². The van der Waals surface area contributed by atoms with E-state index >= 15 is 0 Å². The first-order chi connectivity index (χ1) is 10.6. The second kappa shape index (κ2) is 5.99. The van der Waals surface area contributed by atoms with Crippen LogP contribution >= 0.6 is 0 Å². The minimum atomic E-state index is -0.446. The summed E-state index contributed by atoms with van der Waals surface area (Å²) in [7, 11) is 1.31. The van der Waals surface area contributed by atoms with E-state index in [-0.39, 0.29) is 18.0 Å². The van der Waals surface area contributed by atoms with E-state index in [4.69, 9.17) is 9.47 Å². The number of fused-ring (bicyclic) bond motifs is 1. The van der Waals surface area contributed by atoms with Gasteiger partial charge in [-0.1, -0.05) is 6.42 Å². The molecule has 0 aromatic heterocycles. The molecule has 22 heavy (non-hydrogen) atoms. The fourth-order valence-corrected chi connectivity index (χ4v) is 3.24. The van der Waals surface area contributed by atoms with Crippen LogP contribution in [-0.4, -0.2) is 31.1 Å². The molecule has 1 spiro atoms. The third-order valence-corrected chi connectivity index (χ3v) is 4.41. The van der Waals surface area contributed by atoms with E-state index in [0.29, 0.717) is 23.5 Å². The standard InChI is InChI=1S/C17H20O5/c1-20-16(19)11-21-12-5-6-13-14(18)10-17(22-15(13)9-12)7-3-2-4-8-17/h5-6,9H,2-4,7-8,10-11H2,1H3. The number of hydrogen-bond donors (Lipinski definition) is 0. The Morgan fingerprint density at radius 3 is 2.77 bits per heavy atom. The zero-order chi connectivity index (χ0) is 15.6. The molecule has 3 rings (SSSR count). The maximum absolute atomic E-state index is 12.4. The fraction of sp³-hybridized carbons (Fsp3) is 0.529. The molecule has 1 aromatic carbocycles. The van der Waals surface area contributed by atoms with Crippen molar-refractivity contribution >= 4 is 11.8 Å². The summed E-state index contributed by atoms with van der Waals surface area (Å²) in [6, 6.07) is 5.09. The lowest BCUT2D eigenvalue weighted by Gasteiger charge is -2.40. The minimum Gasteiger partial charge on any atom is -0.486 e. The van der Waals surface area contributed by atoms with Gasteiger partial charge in [0, 0.05) is 6.07 Å². The summed E-state index contributed by atoms with van der Waals surface area (Å²) in [5.41, 5.74) is 0.255. The minimum absolute atomic E-state index is 0.127. The van der Waals surface area contributed by atoms with E-state index < -0.39 is 5.97 Å². The first kappa shape index (κ1) is 14.9. The van der Waals surface area contributed by atoms with Crippen LogP contribution in [-0.2, 0) is 9.53 Å². The van der Waals surface area contributed by atoms with E-state index in [9.17, 15) is 9.59 Å². The van der Waals surface area contributed by atoms with E-state index in [2.05, 4.69) is 4.74 Å². The molecule has 5 nitrogen and oxygen atoms in total. The summed E-state index contributed by atoms with van der Waals surface area (Å²) < 4.78 is 16.1. The van der Waals surface area contributed by atoms with E-state index in [1.807, 2.05) is 0 Å². The van der Waals surface area contributed by atoms with Crippen molar-refractivity contribution < 1.29 is 23.8 Å². The highest BCUT2D eigenvalue weighted by Crippen LogP contribution is 2.42. The molecule has 0 atom stereocenters. The monoisotopic (exact) mass is 304 g/mol. The Morgan fingerprint density at radius 1 is 1.27 bits per heavy atom. The smallest absolute Gasteiger partial charge is 0.343 e. The molecule has 1 saturated carbocycles. The summed E-state index contributed by atoms with van der Waals surface area (Å²) in [6.45, 7) is -0.158. The van der Waals surface area contributed by atoms with Crippen LogP contribution in [0.5, 0.6) is 11.5 Å². The Labute approximate surface area is 129 Å². The third kappa shape index (κ3) is 2.93. The highest BCUT2D eigenvalue weighted by atomic mass is 16.6. The number of esters is 1. The number of Topliss-reactive ketones (excluding diaryl/α,β-unsaturated/α-hetero) is 1. The van der Waals surface area contributed by atoms with Crippen LogP contribution in [0.15, 0.2) is 18.2 Å². The predicted octanol–water partition coefficient (Wildman–Crippen LogP) is 2.91. The van der Waals surface area contributed by atoms with Crippen molar-refractivity contribution in [1.29, 1.82) is 0 Å². The van der Waals surface area contributed by atoms with Gasteiger partial charge in [-0.25, -0.2) is 4.79 Å². The topological polar surface area (TPSA) is 61.8 Å². The van der Waals surface area contributed by atoms with Crippen LogP contribution in [0, 0.1) is 0 Å². The van der Waals surface area contributed by atoms with Gasteiger partial charge in [-0.3, -0.25) is 4.79 Å². The molecule has 0 radical (unpaired) electrons. The second-order valence-electron chi connectivity index (χ2n) is 5.97. The third-order valence-electron chi connectivity index (χ3n) is 4.41. The lowest BCUT2D eigenvalue weighted by molar-refractivity contribution is -0.142. The van der Waals surface area contributed by atoms with Gasteiger partial charge in [-0.15, -0.1) is 0 Å². The van der Waals surface area contributed by atoms with Gasteiger partial charge in [0.25, 0.3) is 0 Å². The Balaban J connectivity index is 1.80. The van der Waals surface area contributed by atoms with Crippen molar-refractivity contribution in [3.8, 4) is 11.5 Å². The summed E-state index contributed by atoms with van der Waals surface area (Å²) in [4.78, 5) is 23.5. The van der Waals surface area contributed by atoms with Gasteiger partial charge in [0.1, 0.15) is 17.1 Å². The number of ketones is 1. The summed E-state index contributed by atoms with van der Waals surface area (Å²) in [5, 5.41) is 0. The lowest BCUT2D eigenvalue weighted by Crippen LogP contribution is -2.43.